The Bertz CT molecular complexity index is 1360. The second-order valence-corrected chi connectivity index (χ2v) is 10.2. The van der Waals surface area contributed by atoms with Crippen LogP contribution in [-0.4, -0.2) is 60.7 Å². The van der Waals surface area contributed by atoms with Gasteiger partial charge >= 0.3 is 0 Å². The van der Waals surface area contributed by atoms with E-state index in [1.54, 1.807) is 20.2 Å². The summed E-state index contributed by atoms with van der Waals surface area (Å²) in [6.45, 7) is 4.21. The first-order chi connectivity index (χ1) is 16.1. The third-order valence-corrected chi connectivity index (χ3v) is 7.54. The molecule has 0 unspecified atom stereocenters. The predicted octanol–water partition coefficient (Wildman–Crippen LogP) is 3.41. The molecule has 0 spiro atoms. The molecule has 7 nitrogen and oxygen atoms in total. The summed E-state index contributed by atoms with van der Waals surface area (Å²) in [5.41, 5.74) is 0.816. The maximum atomic E-state index is 14.4. The number of hydrogen-bond acceptors (Lipinski definition) is 4. The van der Waals surface area contributed by atoms with Crippen molar-refractivity contribution in [2.45, 2.75) is 23.8 Å². The largest absolute Gasteiger partial charge is 0.347 e. The number of carbonyl (C=O) groups is 2. The predicted molar refractivity (Wildman–Crippen MR) is 126 cm³/mol. The second-order valence-electron chi connectivity index (χ2n) is 8.43. The van der Waals surface area contributed by atoms with E-state index in [0.717, 1.165) is 3.97 Å². The maximum absolute atomic E-state index is 14.4. The minimum absolute atomic E-state index is 0.121. The summed E-state index contributed by atoms with van der Waals surface area (Å²) in [6, 6.07) is 12.5. The zero-order valence-electron chi connectivity index (χ0n) is 18.9. The molecule has 1 aliphatic rings. The highest BCUT2D eigenvalue weighted by Crippen LogP contribution is 2.29. The van der Waals surface area contributed by atoms with Crippen LogP contribution in [0.5, 0.6) is 0 Å². The molecule has 1 radical (unpaired) electrons. The molecule has 1 atom stereocenters. The minimum Gasteiger partial charge on any atom is -0.347 e. The van der Waals surface area contributed by atoms with E-state index >= 15 is 0 Å². The fourth-order valence-corrected chi connectivity index (χ4v) is 5.63. The molecule has 9 heteroatoms. The molecule has 0 bridgehead atoms. The van der Waals surface area contributed by atoms with Gasteiger partial charge in [-0.1, -0.05) is 18.2 Å². The van der Waals surface area contributed by atoms with Gasteiger partial charge in [0.15, 0.2) is 0 Å². The van der Waals surface area contributed by atoms with Crippen molar-refractivity contribution in [2.75, 3.05) is 20.6 Å². The molecule has 3 aromatic rings. The van der Waals surface area contributed by atoms with Gasteiger partial charge in [0.2, 0.25) is 5.91 Å². The maximum Gasteiger partial charge on any atom is 0.268 e. The van der Waals surface area contributed by atoms with Crippen molar-refractivity contribution in [1.82, 2.24) is 13.8 Å². The summed E-state index contributed by atoms with van der Waals surface area (Å²) in [5.74, 6) is -1.14. The van der Waals surface area contributed by atoms with Crippen LogP contribution in [0.3, 0.4) is 0 Å². The van der Waals surface area contributed by atoms with Crippen molar-refractivity contribution in [3.05, 3.63) is 84.7 Å². The van der Waals surface area contributed by atoms with E-state index < -0.39 is 27.8 Å². The number of likely N-dealkylation sites (tertiary alicyclic amines) is 1. The van der Waals surface area contributed by atoms with E-state index in [-0.39, 0.29) is 27.6 Å². The molecule has 2 aromatic carbocycles. The third-order valence-electron chi connectivity index (χ3n) is 5.87. The fraction of sp³-hybridized carbons (Fsp3) is 0.240. The van der Waals surface area contributed by atoms with Crippen LogP contribution >= 0.6 is 0 Å². The Morgan fingerprint density at radius 1 is 1.09 bits per heavy atom. The van der Waals surface area contributed by atoms with E-state index in [1.165, 1.54) is 64.5 Å². The van der Waals surface area contributed by atoms with Gasteiger partial charge in [-0.15, -0.1) is 0 Å². The van der Waals surface area contributed by atoms with Crippen LogP contribution < -0.4 is 0 Å². The molecule has 0 N–H and O–H groups in total. The average Bonchev–Trinajstić information content (AvgIpc) is 3.45. The molecular formula is C25H25FN3O4S. The highest BCUT2D eigenvalue weighted by atomic mass is 32.2. The molecular weight excluding hydrogens is 457 g/mol. The number of rotatable bonds is 5. The van der Waals surface area contributed by atoms with Gasteiger partial charge < -0.3 is 9.80 Å². The number of hydrogen-bond donors (Lipinski definition) is 0. The molecule has 1 aliphatic heterocycles. The molecule has 2 amide bonds. The van der Waals surface area contributed by atoms with Gasteiger partial charge in [-0.25, -0.2) is 16.8 Å². The summed E-state index contributed by atoms with van der Waals surface area (Å²) in [4.78, 5) is 28.5. The van der Waals surface area contributed by atoms with Crippen molar-refractivity contribution >= 4 is 21.8 Å². The van der Waals surface area contributed by atoms with Crippen molar-refractivity contribution in [1.29, 1.82) is 0 Å². The van der Waals surface area contributed by atoms with Crippen molar-refractivity contribution in [3.8, 4) is 11.3 Å². The first-order valence-electron chi connectivity index (χ1n) is 10.8. The fourth-order valence-electron chi connectivity index (χ4n) is 4.19. The molecule has 1 saturated heterocycles. The minimum atomic E-state index is -4.17. The molecule has 0 saturated carbocycles. The van der Waals surface area contributed by atoms with E-state index in [0.29, 0.717) is 24.9 Å². The standard InChI is InChI=1S/C25H25FN3O4S/c1-17-14-23(20-10-4-5-11-21(20)26)29(16-17)34(32,33)19-9-6-8-18(15-19)24(30)28-13-7-12-22(28)25(31)27(2)3/h4-6,8-11,14-16,22H,1,7,12-13H2,2-3H3/t22-/m0/s1. The summed E-state index contributed by atoms with van der Waals surface area (Å²) >= 11 is 0. The molecule has 34 heavy (non-hydrogen) atoms. The molecule has 1 aromatic heterocycles. The first kappa shape index (κ1) is 23.7. The van der Waals surface area contributed by atoms with E-state index in [2.05, 4.69) is 6.92 Å². The van der Waals surface area contributed by atoms with Gasteiger partial charge in [0.05, 0.1) is 10.6 Å². The number of amides is 2. The van der Waals surface area contributed by atoms with E-state index in [9.17, 15) is 22.4 Å². The topological polar surface area (TPSA) is 79.7 Å². The number of nitrogens with zero attached hydrogens (tertiary/aromatic N) is 3. The summed E-state index contributed by atoms with van der Waals surface area (Å²) in [5, 5.41) is 0. The first-order valence-corrected chi connectivity index (χ1v) is 12.2. The zero-order valence-corrected chi connectivity index (χ0v) is 19.8. The molecule has 177 valence electrons. The van der Waals surface area contributed by atoms with Crippen molar-refractivity contribution in [3.63, 3.8) is 0 Å². The quantitative estimate of drug-likeness (QED) is 0.558. The van der Waals surface area contributed by atoms with Crippen LogP contribution in [0.1, 0.15) is 28.8 Å². The van der Waals surface area contributed by atoms with Gasteiger partial charge in [0.1, 0.15) is 11.9 Å². The van der Waals surface area contributed by atoms with Crippen LogP contribution in [0.25, 0.3) is 11.3 Å². The van der Waals surface area contributed by atoms with Gasteiger partial charge in [0.25, 0.3) is 15.9 Å². The lowest BCUT2D eigenvalue weighted by Crippen LogP contribution is -2.45. The summed E-state index contributed by atoms with van der Waals surface area (Å²) in [6.07, 6.45) is 2.57. The van der Waals surface area contributed by atoms with Gasteiger partial charge in [0, 0.05) is 38.0 Å². The van der Waals surface area contributed by atoms with E-state index in [4.69, 9.17) is 0 Å². The van der Waals surface area contributed by atoms with Crippen LogP contribution in [0.15, 0.2) is 65.7 Å². The van der Waals surface area contributed by atoms with Crippen LogP contribution in [0.4, 0.5) is 4.39 Å². The Morgan fingerprint density at radius 3 is 2.53 bits per heavy atom. The Balaban J connectivity index is 1.72. The average molecular weight is 483 g/mol. The highest BCUT2D eigenvalue weighted by molar-refractivity contribution is 7.90. The molecule has 4 rings (SSSR count). The van der Waals surface area contributed by atoms with Crippen molar-refractivity contribution < 1.29 is 22.4 Å². The SMILES string of the molecule is [CH2]c1cc(-c2ccccc2F)n(S(=O)(=O)c2cccc(C(=O)N3CCC[C@H]3C(=O)N(C)C)c2)c1. The second kappa shape index (κ2) is 9.06. The lowest BCUT2D eigenvalue weighted by molar-refractivity contribution is -0.132. The number of carbonyl (C=O) groups excluding carboxylic acids is 2. The summed E-state index contributed by atoms with van der Waals surface area (Å²) in [7, 11) is -0.899. The summed E-state index contributed by atoms with van der Waals surface area (Å²) < 4.78 is 42.5. The van der Waals surface area contributed by atoms with Gasteiger partial charge in [-0.05, 0) is 61.7 Å². The third kappa shape index (κ3) is 4.23. The van der Waals surface area contributed by atoms with Crippen molar-refractivity contribution in [2.24, 2.45) is 0 Å². The van der Waals surface area contributed by atoms with E-state index in [1.807, 2.05) is 0 Å². The number of benzene rings is 2. The Kier molecular flexibility index (Phi) is 6.31. The number of aromatic nitrogens is 1. The Morgan fingerprint density at radius 2 is 1.82 bits per heavy atom. The smallest absolute Gasteiger partial charge is 0.268 e. The van der Waals surface area contributed by atoms with Crippen LogP contribution in [-0.2, 0) is 14.8 Å². The van der Waals surface area contributed by atoms with Gasteiger partial charge in [-0.2, -0.15) is 0 Å². The molecule has 0 aliphatic carbocycles. The van der Waals surface area contributed by atoms with Crippen LogP contribution in [0, 0.1) is 12.7 Å². The zero-order chi connectivity index (χ0) is 24.6. The Hall–Kier alpha value is -3.46. The lowest BCUT2D eigenvalue weighted by atomic mass is 10.1. The number of halogens is 1. The monoisotopic (exact) mass is 482 g/mol. The highest BCUT2D eigenvalue weighted by Gasteiger charge is 2.35. The van der Waals surface area contributed by atoms with Crippen LogP contribution in [0.2, 0.25) is 0 Å². The van der Waals surface area contributed by atoms with Gasteiger partial charge in [-0.3, -0.25) is 9.59 Å². The lowest BCUT2D eigenvalue weighted by Gasteiger charge is -2.26. The Labute approximate surface area is 198 Å². The normalized spacial score (nSPS) is 16.0. The number of likely N-dealkylation sites (N-methyl/N-ethyl adjacent to an activating group) is 1. The molecule has 2 heterocycles. The molecule has 1 fully saturated rings.